The highest BCUT2D eigenvalue weighted by molar-refractivity contribution is 5.45. The van der Waals surface area contributed by atoms with Gasteiger partial charge in [-0.3, -0.25) is 0 Å². The van der Waals surface area contributed by atoms with Crippen LogP contribution in [0.1, 0.15) is 0 Å². The lowest BCUT2D eigenvalue weighted by molar-refractivity contribution is 0.421. The third-order valence-electron chi connectivity index (χ3n) is 1.29. The molecular formula is C5H5N5O. The van der Waals surface area contributed by atoms with Gasteiger partial charge in [-0.15, -0.1) is 5.10 Å². The quantitative estimate of drug-likeness (QED) is 0.567. The lowest BCUT2D eigenvalue weighted by atomic mass is 10.4. The molecule has 6 nitrogen and oxygen atoms in total. The van der Waals surface area contributed by atoms with Crippen molar-refractivity contribution in [3.8, 4) is 11.5 Å². The first kappa shape index (κ1) is 6.02. The molecule has 0 radical (unpaired) electrons. The first-order valence-electron chi connectivity index (χ1n) is 3.01. The molecule has 0 amide bonds. The van der Waals surface area contributed by atoms with Crippen LogP contribution in [0.5, 0.6) is 0 Å². The van der Waals surface area contributed by atoms with E-state index in [2.05, 4.69) is 25.2 Å². The van der Waals surface area contributed by atoms with Gasteiger partial charge in [0.1, 0.15) is 6.26 Å². The van der Waals surface area contributed by atoms with Crippen LogP contribution in [-0.2, 0) is 7.05 Å². The molecule has 0 aliphatic heterocycles. The minimum absolute atomic E-state index is 0.596. The smallest absolute Gasteiger partial charge is 0.203 e. The van der Waals surface area contributed by atoms with Gasteiger partial charge in [0, 0.05) is 13.1 Å². The summed E-state index contributed by atoms with van der Waals surface area (Å²) in [4.78, 5) is 0. The monoisotopic (exact) mass is 151 g/mol. The van der Waals surface area contributed by atoms with E-state index in [4.69, 9.17) is 0 Å². The SMILES string of the molecule is Cn1nnnc1-c1ccon1. The van der Waals surface area contributed by atoms with Gasteiger partial charge in [0.05, 0.1) is 0 Å². The van der Waals surface area contributed by atoms with Crippen LogP contribution in [0.2, 0.25) is 0 Å². The van der Waals surface area contributed by atoms with Crippen LogP contribution in [0.4, 0.5) is 0 Å². The predicted octanol–water partition coefficient (Wildman–Crippen LogP) is -0.135. The average Bonchev–Trinajstić information content (AvgIpc) is 2.55. The molecule has 2 aromatic heterocycles. The van der Waals surface area contributed by atoms with Gasteiger partial charge in [-0.25, -0.2) is 4.68 Å². The Hall–Kier alpha value is -1.72. The zero-order valence-corrected chi connectivity index (χ0v) is 5.80. The van der Waals surface area contributed by atoms with E-state index in [-0.39, 0.29) is 0 Å². The molecule has 0 N–H and O–H groups in total. The number of nitrogens with zero attached hydrogens (tertiary/aromatic N) is 5. The fourth-order valence-electron chi connectivity index (χ4n) is 0.774. The zero-order chi connectivity index (χ0) is 7.68. The van der Waals surface area contributed by atoms with E-state index >= 15 is 0 Å². The largest absolute Gasteiger partial charge is 0.364 e. The Morgan fingerprint density at radius 3 is 3.00 bits per heavy atom. The van der Waals surface area contributed by atoms with Gasteiger partial charge in [0.25, 0.3) is 0 Å². The van der Waals surface area contributed by atoms with Crippen molar-refractivity contribution >= 4 is 0 Å². The van der Waals surface area contributed by atoms with E-state index in [1.54, 1.807) is 13.1 Å². The summed E-state index contributed by atoms with van der Waals surface area (Å²) in [6.07, 6.45) is 1.48. The molecule has 0 aliphatic carbocycles. The van der Waals surface area contributed by atoms with Crippen molar-refractivity contribution in [1.82, 2.24) is 25.4 Å². The number of aromatic nitrogens is 5. The number of hydrogen-bond donors (Lipinski definition) is 0. The van der Waals surface area contributed by atoms with E-state index in [9.17, 15) is 0 Å². The summed E-state index contributed by atoms with van der Waals surface area (Å²) in [5.41, 5.74) is 0.637. The van der Waals surface area contributed by atoms with Crippen molar-refractivity contribution in [2.45, 2.75) is 0 Å². The summed E-state index contributed by atoms with van der Waals surface area (Å²) >= 11 is 0. The van der Waals surface area contributed by atoms with Gasteiger partial charge in [0.15, 0.2) is 5.69 Å². The van der Waals surface area contributed by atoms with E-state index < -0.39 is 0 Å². The fourth-order valence-corrected chi connectivity index (χ4v) is 0.774. The van der Waals surface area contributed by atoms with Crippen molar-refractivity contribution < 1.29 is 4.52 Å². The topological polar surface area (TPSA) is 69.6 Å². The molecule has 0 atom stereocenters. The molecule has 0 spiro atoms. The van der Waals surface area contributed by atoms with Crippen LogP contribution in [0, 0.1) is 0 Å². The average molecular weight is 151 g/mol. The van der Waals surface area contributed by atoms with Crippen LogP contribution in [0.15, 0.2) is 16.9 Å². The van der Waals surface area contributed by atoms with Gasteiger partial charge in [-0.05, 0) is 10.4 Å². The fraction of sp³-hybridized carbons (Fsp3) is 0.200. The van der Waals surface area contributed by atoms with E-state index in [0.29, 0.717) is 11.5 Å². The van der Waals surface area contributed by atoms with Crippen molar-refractivity contribution in [3.05, 3.63) is 12.3 Å². The molecule has 0 aromatic carbocycles. The van der Waals surface area contributed by atoms with E-state index in [1.807, 2.05) is 0 Å². The minimum atomic E-state index is 0.596. The summed E-state index contributed by atoms with van der Waals surface area (Å²) in [5, 5.41) is 14.5. The summed E-state index contributed by atoms with van der Waals surface area (Å²) < 4.78 is 6.16. The lowest BCUT2D eigenvalue weighted by Crippen LogP contribution is -1.94. The van der Waals surface area contributed by atoms with Crippen molar-refractivity contribution in [2.24, 2.45) is 7.05 Å². The zero-order valence-electron chi connectivity index (χ0n) is 5.80. The van der Waals surface area contributed by atoms with Gasteiger partial charge < -0.3 is 4.52 Å². The van der Waals surface area contributed by atoms with Crippen LogP contribution >= 0.6 is 0 Å². The van der Waals surface area contributed by atoms with E-state index in [0.717, 1.165) is 0 Å². The normalized spacial score (nSPS) is 10.3. The van der Waals surface area contributed by atoms with Gasteiger partial charge in [-0.1, -0.05) is 5.16 Å². The predicted molar refractivity (Wildman–Crippen MR) is 34.3 cm³/mol. The molecule has 6 heteroatoms. The molecule has 0 aliphatic rings. The van der Waals surface area contributed by atoms with Gasteiger partial charge in [0.2, 0.25) is 5.82 Å². The Kier molecular flexibility index (Phi) is 1.18. The highest BCUT2D eigenvalue weighted by atomic mass is 16.5. The summed E-state index contributed by atoms with van der Waals surface area (Å²) in [5.74, 6) is 0.596. The number of hydrogen-bond acceptors (Lipinski definition) is 5. The molecule has 0 unspecified atom stereocenters. The molecule has 2 heterocycles. The van der Waals surface area contributed by atoms with Crippen LogP contribution in [0.3, 0.4) is 0 Å². The minimum Gasteiger partial charge on any atom is -0.364 e. The van der Waals surface area contributed by atoms with Crippen LogP contribution in [-0.4, -0.2) is 25.4 Å². The maximum absolute atomic E-state index is 4.63. The number of aryl methyl sites for hydroxylation is 1. The third-order valence-corrected chi connectivity index (χ3v) is 1.29. The van der Waals surface area contributed by atoms with Crippen molar-refractivity contribution in [2.75, 3.05) is 0 Å². The molecule has 0 saturated carbocycles. The molecule has 0 saturated heterocycles. The molecule has 2 aromatic rings. The Labute approximate surface area is 61.8 Å². The Bertz CT molecular complexity index is 337. The Morgan fingerprint density at radius 1 is 1.55 bits per heavy atom. The van der Waals surface area contributed by atoms with Crippen LogP contribution < -0.4 is 0 Å². The molecule has 11 heavy (non-hydrogen) atoms. The third kappa shape index (κ3) is 0.878. The lowest BCUT2D eigenvalue weighted by Gasteiger charge is -1.88. The summed E-state index contributed by atoms with van der Waals surface area (Å²) in [7, 11) is 1.74. The first-order valence-corrected chi connectivity index (χ1v) is 3.01. The summed E-state index contributed by atoms with van der Waals surface area (Å²) in [6.45, 7) is 0. The molecule has 0 fully saturated rings. The Balaban J connectivity index is 2.53. The first-order chi connectivity index (χ1) is 5.38. The molecule has 0 bridgehead atoms. The van der Waals surface area contributed by atoms with Crippen molar-refractivity contribution in [1.29, 1.82) is 0 Å². The molecule has 2 rings (SSSR count). The standard InChI is InChI=1S/C5H5N5O/c1-10-5(6-8-9-10)4-2-3-11-7-4/h2-3H,1H3. The second kappa shape index (κ2) is 2.15. The van der Waals surface area contributed by atoms with Crippen molar-refractivity contribution in [3.63, 3.8) is 0 Å². The molecular weight excluding hydrogens is 146 g/mol. The molecule has 56 valence electrons. The highest BCUT2D eigenvalue weighted by Crippen LogP contribution is 2.09. The Morgan fingerprint density at radius 2 is 2.45 bits per heavy atom. The number of rotatable bonds is 1. The highest BCUT2D eigenvalue weighted by Gasteiger charge is 2.07. The maximum Gasteiger partial charge on any atom is 0.203 e. The van der Waals surface area contributed by atoms with Crippen LogP contribution in [0.25, 0.3) is 11.5 Å². The second-order valence-corrected chi connectivity index (χ2v) is 2.01. The summed E-state index contributed by atoms with van der Waals surface area (Å²) in [6, 6.07) is 1.70. The van der Waals surface area contributed by atoms with E-state index in [1.165, 1.54) is 10.9 Å². The maximum atomic E-state index is 4.63. The number of tetrazole rings is 1. The van der Waals surface area contributed by atoms with Gasteiger partial charge >= 0.3 is 0 Å². The second-order valence-electron chi connectivity index (χ2n) is 2.01. The van der Waals surface area contributed by atoms with Gasteiger partial charge in [-0.2, -0.15) is 0 Å².